The molecule has 120 valence electrons. The van der Waals surface area contributed by atoms with Crippen molar-refractivity contribution >= 4 is 11.6 Å². The summed E-state index contributed by atoms with van der Waals surface area (Å²) >= 11 is 0. The van der Waals surface area contributed by atoms with Gasteiger partial charge in [-0.1, -0.05) is 52.7 Å². The molecule has 2 atom stereocenters. The average molecular weight is 291 g/mol. The molecular weight excluding hydrogens is 258 g/mol. The number of hydrogen-bond donors (Lipinski definition) is 0. The molecule has 0 aromatic carbocycles. The molecule has 0 aromatic heterocycles. The van der Waals surface area contributed by atoms with Crippen LogP contribution in [-0.4, -0.2) is 11.6 Å². The topological polar surface area (TPSA) is 29.4 Å². The van der Waals surface area contributed by atoms with Crippen LogP contribution in [0.25, 0.3) is 0 Å². The molecule has 1 aliphatic rings. The third-order valence-corrected chi connectivity index (χ3v) is 4.41. The van der Waals surface area contributed by atoms with Crippen molar-refractivity contribution in [3.05, 3.63) is 11.6 Å². The van der Waals surface area contributed by atoms with Gasteiger partial charge in [0.2, 0.25) is 0 Å². The molecule has 0 bridgehead atoms. The van der Waals surface area contributed by atoms with E-state index in [-0.39, 0.29) is 11.3 Å². The maximum atomic E-state index is 12.2. The molecule has 2 nitrogen and oxygen atoms in total. The van der Waals surface area contributed by atoms with E-state index >= 15 is 0 Å². The van der Waals surface area contributed by atoms with Crippen LogP contribution < -0.4 is 0 Å². The van der Waals surface area contributed by atoms with Gasteiger partial charge < -0.3 is 0 Å². The fraction of sp³-hybridized carbons (Fsp3) is 0.789. The van der Waals surface area contributed by atoms with Gasteiger partial charge in [-0.3, -0.25) is 4.79 Å². The number of nitrogens with zero attached hydrogens (tertiary/aromatic N) is 1. The van der Waals surface area contributed by atoms with Crippen LogP contribution in [0.2, 0.25) is 0 Å². The number of aliphatic imine (C=N–C) groups is 1. The average Bonchev–Trinajstić information content (AvgIpc) is 2.99. The van der Waals surface area contributed by atoms with Gasteiger partial charge in [0.15, 0.2) is 0 Å². The second-order valence-corrected chi connectivity index (χ2v) is 8.14. The Hall–Kier alpha value is -0.920. The second kappa shape index (κ2) is 6.89. The SMILES string of the molecule is CCC/C(=N/C(=O)C(C)(C)C)C1CC1(C)CCC=C(C)C. The Bertz CT molecular complexity index is 435. The monoisotopic (exact) mass is 291 g/mol. The zero-order valence-electron chi connectivity index (χ0n) is 15.0. The first kappa shape index (κ1) is 18.1. The van der Waals surface area contributed by atoms with Crippen LogP contribution in [0, 0.1) is 16.7 Å². The number of amides is 1. The van der Waals surface area contributed by atoms with Crippen molar-refractivity contribution in [2.45, 2.75) is 80.6 Å². The van der Waals surface area contributed by atoms with Gasteiger partial charge in [-0.25, -0.2) is 4.99 Å². The normalized spacial score (nSPS) is 25.7. The Labute approximate surface area is 131 Å². The summed E-state index contributed by atoms with van der Waals surface area (Å²) in [5, 5.41) is 0. The van der Waals surface area contributed by atoms with E-state index in [1.807, 2.05) is 20.8 Å². The third kappa shape index (κ3) is 5.41. The minimum absolute atomic E-state index is 0.0319. The predicted octanol–water partition coefficient (Wildman–Crippen LogP) is 5.57. The van der Waals surface area contributed by atoms with E-state index < -0.39 is 0 Å². The van der Waals surface area contributed by atoms with Crippen molar-refractivity contribution in [3.8, 4) is 0 Å². The van der Waals surface area contributed by atoms with E-state index in [2.05, 4.69) is 38.8 Å². The smallest absolute Gasteiger partial charge is 0.250 e. The lowest BCUT2D eigenvalue weighted by atomic mass is 9.93. The van der Waals surface area contributed by atoms with Gasteiger partial charge in [0, 0.05) is 17.0 Å². The van der Waals surface area contributed by atoms with Gasteiger partial charge in [0.25, 0.3) is 5.91 Å². The molecule has 0 aliphatic heterocycles. The highest BCUT2D eigenvalue weighted by Crippen LogP contribution is 2.57. The molecule has 0 heterocycles. The Morgan fingerprint density at radius 3 is 2.43 bits per heavy atom. The summed E-state index contributed by atoms with van der Waals surface area (Å²) in [7, 11) is 0. The van der Waals surface area contributed by atoms with Crippen LogP contribution in [0.3, 0.4) is 0 Å². The number of allylic oxidation sites excluding steroid dienone is 2. The number of carbonyl (C=O) groups excluding carboxylic acids is 1. The molecule has 0 spiro atoms. The Morgan fingerprint density at radius 2 is 1.95 bits per heavy atom. The van der Waals surface area contributed by atoms with E-state index in [4.69, 9.17) is 0 Å². The fourth-order valence-electron chi connectivity index (χ4n) is 2.76. The zero-order chi connectivity index (χ0) is 16.3. The molecule has 0 N–H and O–H groups in total. The van der Waals surface area contributed by atoms with Crippen molar-refractivity contribution in [1.82, 2.24) is 0 Å². The summed E-state index contributed by atoms with van der Waals surface area (Å²) in [6, 6.07) is 0. The van der Waals surface area contributed by atoms with Crippen LogP contribution in [0.5, 0.6) is 0 Å². The molecule has 2 unspecified atom stereocenters. The van der Waals surface area contributed by atoms with Crippen LogP contribution in [0.1, 0.15) is 80.6 Å². The van der Waals surface area contributed by atoms with Crippen molar-refractivity contribution < 1.29 is 4.79 Å². The Morgan fingerprint density at radius 1 is 1.33 bits per heavy atom. The van der Waals surface area contributed by atoms with Crippen LogP contribution >= 0.6 is 0 Å². The summed E-state index contributed by atoms with van der Waals surface area (Å²) in [5.74, 6) is 0.554. The summed E-state index contributed by atoms with van der Waals surface area (Å²) in [6.45, 7) is 14.7. The molecule has 0 radical (unpaired) electrons. The lowest BCUT2D eigenvalue weighted by molar-refractivity contribution is -0.124. The maximum Gasteiger partial charge on any atom is 0.250 e. The highest BCUT2D eigenvalue weighted by Gasteiger charge is 2.51. The largest absolute Gasteiger partial charge is 0.272 e. The molecule has 1 saturated carbocycles. The van der Waals surface area contributed by atoms with Gasteiger partial charge in [-0.05, 0) is 44.9 Å². The van der Waals surface area contributed by atoms with E-state index in [1.54, 1.807) is 0 Å². The standard InChI is InChI=1S/C19H33NO/c1-8-10-16(20-17(21)18(4,5)6)15-13-19(15,7)12-9-11-14(2)3/h11,15H,8-10,12-13H2,1-7H3/b20-16-. The number of rotatable bonds is 6. The molecule has 0 aromatic rings. The van der Waals surface area contributed by atoms with Gasteiger partial charge in [0.1, 0.15) is 0 Å². The first-order chi connectivity index (χ1) is 9.60. The maximum absolute atomic E-state index is 12.2. The molecule has 1 fully saturated rings. The molecule has 0 saturated heterocycles. The van der Waals surface area contributed by atoms with Crippen LogP contribution in [0.4, 0.5) is 0 Å². The minimum Gasteiger partial charge on any atom is -0.272 e. The first-order valence-electron chi connectivity index (χ1n) is 8.35. The second-order valence-electron chi connectivity index (χ2n) is 8.14. The van der Waals surface area contributed by atoms with E-state index in [0.717, 1.165) is 25.0 Å². The Balaban J connectivity index is 2.74. The summed E-state index contributed by atoms with van der Waals surface area (Å²) in [6.07, 6.45) is 7.89. The van der Waals surface area contributed by atoms with Gasteiger partial charge >= 0.3 is 0 Å². The van der Waals surface area contributed by atoms with E-state index in [1.165, 1.54) is 18.4 Å². The van der Waals surface area contributed by atoms with E-state index in [0.29, 0.717) is 11.3 Å². The third-order valence-electron chi connectivity index (χ3n) is 4.41. The summed E-state index contributed by atoms with van der Waals surface area (Å²) in [5.41, 5.74) is 2.53. The van der Waals surface area contributed by atoms with Crippen LogP contribution in [0.15, 0.2) is 16.6 Å². The van der Waals surface area contributed by atoms with Gasteiger partial charge in [-0.2, -0.15) is 0 Å². The van der Waals surface area contributed by atoms with Crippen LogP contribution in [-0.2, 0) is 4.79 Å². The predicted molar refractivity (Wildman–Crippen MR) is 91.7 cm³/mol. The van der Waals surface area contributed by atoms with Crippen molar-refractivity contribution in [2.75, 3.05) is 0 Å². The quantitative estimate of drug-likeness (QED) is 0.464. The van der Waals surface area contributed by atoms with Crippen molar-refractivity contribution in [1.29, 1.82) is 0 Å². The summed E-state index contributed by atoms with van der Waals surface area (Å²) in [4.78, 5) is 16.7. The zero-order valence-corrected chi connectivity index (χ0v) is 15.0. The molecule has 21 heavy (non-hydrogen) atoms. The molecule has 2 heteroatoms. The lowest BCUT2D eigenvalue weighted by Crippen LogP contribution is -2.21. The Kier molecular flexibility index (Phi) is 5.95. The fourth-order valence-corrected chi connectivity index (χ4v) is 2.76. The first-order valence-corrected chi connectivity index (χ1v) is 8.35. The lowest BCUT2D eigenvalue weighted by Gasteiger charge is -2.16. The molecule has 1 rings (SSSR count). The van der Waals surface area contributed by atoms with E-state index in [9.17, 15) is 4.79 Å². The highest BCUT2D eigenvalue weighted by atomic mass is 16.1. The minimum atomic E-state index is -0.369. The van der Waals surface area contributed by atoms with Gasteiger partial charge in [0.05, 0.1) is 0 Å². The molecule has 1 amide bonds. The molecular formula is C19H33NO. The van der Waals surface area contributed by atoms with Crippen molar-refractivity contribution in [2.24, 2.45) is 21.7 Å². The number of carbonyl (C=O) groups is 1. The van der Waals surface area contributed by atoms with Gasteiger partial charge in [-0.15, -0.1) is 0 Å². The highest BCUT2D eigenvalue weighted by molar-refractivity contribution is 6.00. The van der Waals surface area contributed by atoms with Crippen molar-refractivity contribution in [3.63, 3.8) is 0 Å². The summed E-state index contributed by atoms with van der Waals surface area (Å²) < 4.78 is 0. The molecule has 1 aliphatic carbocycles. The number of hydrogen-bond acceptors (Lipinski definition) is 1.